The Morgan fingerprint density at radius 2 is 2.32 bits per heavy atom. The predicted octanol–water partition coefficient (Wildman–Crippen LogP) is 0.00870. The molecule has 1 atom stereocenters. The molecular weight excluding hydrogens is 250 g/mol. The zero-order valence-corrected chi connectivity index (χ0v) is 11.1. The van der Waals surface area contributed by atoms with Crippen LogP contribution in [-0.2, 0) is 9.59 Å². The van der Waals surface area contributed by atoms with Gasteiger partial charge < -0.3 is 9.64 Å². The van der Waals surface area contributed by atoms with Crippen LogP contribution in [0.1, 0.15) is 20.3 Å². The Morgan fingerprint density at radius 1 is 1.58 bits per heavy atom. The smallest absolute Gasteiger partial charge is 0.336 e. The van der Waals surface area contributed by atoms with Gasteiger partial charge in [0.1, 0.15) is 0 Å². The van der Waals surface area contributed by atoms with Gasteiger partial charge in [0, 0.05) is 19.0 Å². The van der Waals surface area contributed by atoms with Crippen molar-refractivity contribution in [3.8, 4) is 6.01 Å². The van der Waals surface area contributed by atoms with Crippen LogP contribution < -0.4 is 10.1 Å². The van der Waals surface area contributed by atoms with E-state index in [1.165, 1.54) is 7.11 Å². The number of anilines is 1. The van der Waals surface area contributed by atoms with Gasteiger partial charge >= 0.3 is 6.01 Å². The van der Waals surface area contributed by atoms with Crippen molar-refractivity contribution in [3.63, 3.8) is 0 Å². The number of methoxy groups -OCH3 is 1. The molecule has 0 saturated carbocycles. The molecule has 0 aliphatic carbocycles. The van der Waals surface area contributed by atoms with Crippen molar-refractivity contribution in [1.29, 1.82) is 0 Å². The highest BCUT2D eigenvalue weighted by atomic mass is 16.5. The molecule has 8 nitrogen and oxygen atoms in total. The Labute approximate surface area is 110 Å². The minimum Gasteiger partial charge on any atom is -0.466 e. The number of rotatable bonds is 4. The van der Waals surface area contributed by atoms with Gasteiger partial charge in [-0.25, -0.2) is 5.10 Å². The first-order valence-corrected chi connectivity index (χ1v) is 6.08. The average Bonchev–Trinajstić information content (AvgIpc) is 2.95. The molecule has 2 N–H and O–H groups in total. The molecule has 8 heteroatoms. The van der Waals surface area contributed by atoms with Crippen LogP contribution >= 0.6 is 0 Å². The summed E-state index contributed by atoms with van der Waals surface area (Å²) >= 11 is 0. The normalized spacial score (nSPS) is 19.1. The summed E-state index contributed by atoms with van der Waals surface area (Å²) < 4.78 is 4.80. The van der Waals surface area contributed by atoms with Gasteiger partial charge in [0.25, 0.3) is 0 Å². The Hall–Kier alpha value is -2.12. The Kier molecular flexibility index (Phi) is 3.68. The second kappa shape index (κ2) is 5.25. The number of carbonyl (C=O) groups excluding carboxylic acids is 2. The standard InChI is InChI=1S/C11H17N5O3/c1-6(2)16-5-7(4-8(16)17)9(18)12-10-13-11(19-3)15-14-10/h6-7H,4-5H2,1-3H3,(H2,12,13,14,15,18). The zero-order valence-electron chi connectivity index (χ0n) is 11.1. The SMILES string of the molecule is COc1n[nH]c(NC(=O)C2CC(=O)N(C(C)C)C2)n1. The number of nitrogens with one attached hydrogen (secondary N) is 2. The van der Waals surface area contributed by atoms with Crippen molar-refractivity contribution in [1.82, 2.24) is 20.1 Å². The molecule has 0 radical (unpaired) electrons. The second-order valence-electron chi connectivity index (χ2n) is 4.70. The maximum absolute atomic E-state index is 12.0. The number of amides is 2. The summed E-state index contributed by atoms with van der Waals surface area (Å²) in [5.41, 5.74) is 0. The van der Waals surface area contributed by atoms with E-state index in [0.29, 0.717) is 6.54 Å². The van der Waals surface area contributed by atoms with Gasteiger partial charge in [0.2, 0.25) is 17.8 Å². The lowest BCUT2D eigenvalue weighted by Gasteiger charge is -2.20. The quantitative estimate of drug-likeness (QED) is 0.800. The van der Waals surface area contributed by atoms with E-state index in [9.17, 15) is 9.59 Å². The summed E-state index contributed by atoms with van der Waals surface area (Å²) in [4.78, 5) is 29.3. The molecule has 1 aliphatic heterocycles. The van der Waals surface area contributed by atoms with E-state index in [2.05, 4.69) is 20.5 Å². The molecule has 19 heavy (non-hydrogen) atoms. The molecule has 2 amide bonds. The third-order valence-electron chi connectivity index (χ3n) is 3.04. The zero-order chi connectivity index (χ0) is 14.0. The number of carbonyl (C=O) groups is 2. The summed E-state index contributed by atoms with van der Waals surface area (Å²) in [6, 6.07) is 0.261. The van der Waals surface area contributed by atoms with E-state index in [0.717, 1.165) is 0 Å². The maximum atomic E-state index is 12.0. The molecule has 104 valence electrons. The molecule has 1 fully saturated rings. The van der Waals surface area contributed by atoms with Crippen molar-refractivity contribution in [2.75, 3.05) is 19.0 Å². The summed E-state index contributed by atoms with van der Waals surface area (Å²) in [7, 11) is 1.44. The van der Waals surface area contributed by atoms with E-state index in [-0.39, 0.29) is 42.2 Å². The third kappa shape index (κ3) is 2.83. The lowest BCUT2D eigenvalue weighted by Crippen LogP contribution is -2.33. The van der Waals surface area contributed by atoms with Crippen LogP contribution in [0.15, 0.2) is 0 Å². The molecule has 1 unspecified atom stereocenters. The highest BCUT2D eigenvalue weighted by Crippen LogP contribution is 2.21. The van der Waals surface area contributed by atoms with Crippen LogP contribution in [0.3, 0.4) is 0 Å². The second-order valence-corrected chi connectivity index (χ2v) is 4.70. The molecule has 0 bridgehead atoms. The number of aromatic nitrogens is 3. The monoisotopic (exact) mass is 267 g/mol. The maximum Gasteiger partial charge on any atom is 0.336 e. The Morgan fingerprint density at radius 3 is 2.84 bits per heavy atom. The van der Waals surface area contributed by atoms with Gasteiger partial charge in [-0.15, -0.1) is 5.10 Å². The van der Waals surface area contributed by atoms with Crippen molar-refractivity contribution < 1.29 is 14.3 Å². The third-order valence-corrected chi connectivity index (χ3v) is 3.04. The van der Waals surface area contributed by atoms with Crippen LogP contribution in [-0.4, -0.2) is 51.6 Å². The van der Waals surface area contributed by atoms with E-state index >= 15 is 0 Å². The summed E-state index contributed by atoms with van der Waals surface area (Å²) in [6.07, 6.45) is 0.231. The minimum absolute atomic E-state index is 0.00491. The van der Waals surface area contributed by atoms with Gasteiger partial charge in [-0.2, -0.15) is 4.98 Å². The largest absolute Gasteiger partial charge is 0.466 e. The molecule has 1 saturated heterocycles. The number of hydrogen-bond donors (Lipinski definition) is 2. The number of likely N-dealkylation sites (tertiary alicyclic amines) is 1. The summed E-state index contributed by atoms with van der Waals surface area (Å²) in [6.45, 7) is 4.30. The molecule has 1 aromatic rings. The predicted molar refractivity (Wildman–Crippen MR) is 66.5 cm³/mol. The molecular formula is C11H17N5O3. The molecule has 1 aliphatic rings. The molecule has 0 spiro atoms. The lowest BCUT2D eigenvalue weighted by atomic mass is 10.1. The minimum atomic E-state index is -0.356. The lowest BCUT2D eigenvalue weighted by molar-refractivity contribution is -0.129. The Balaban J connectivity index is 1.96. The highest BCUT2D eigenvalue weighted by molar-refractivity contribution is 5.96. The van der Waals surface area contributed by atoms with E-state index in [1.54, 1.807) is 4.90 Å². The fourth-order valence-corrected chi connectivity index (χ4v) is 2.02. The first-order chi connectivity index (χ1) is 9.01. The first kappa shape index (κ1) is 13.3. The first-order valence-electron chi connectivity index (χ1n) is 6.08. The number of nitrogens with zero attached hydrogens (tertiary/aromatic N) is 3. The summed E-state index contributed by atoms with van der Waals surface area (Å²) in [5.74, 6) is -0.371. The highest BCUT2D eigenvalue weighted by Gasteiger charge is 2.35. The van der Waals surface area contributed by atoms with E-state index < -0.39 is 0 Å². The van der Waals surface area contributed by atoms with Gasteiger partial charge in [-0.3, -0.25) is 14.9 Å². The molecule has 2 rings (SSSR count). The average molecular weight is 267 g/mol. The van der Waals surface area contributed by atoms with Crippen molar-refractivity contribution in [3.05, 3.63) is 0 Å². The van der Waals surface area contributed by atoms with Crippen LogP contribution in [0.2, 0.25) is 0 Å². The van der Waals surface area contributed by atoms with Crippen LogP contribution in [0.4, 0.5) is 5.95 Å². The fraction of sp³-hybridized carbons (Fsp3) is 0.636. The number of aromatic amines is 1. The van der Waals surface area contributed by atoms with Crippen LogP contribution in [0, 0.1) is 5.92 Å². The number of ether oxygens (including phenoxy) is 1. The molecule has 0 aromatic carbocycles. The molecule has 2 heterocycles. The van der Waals surface area contributed by atoms with Crippen molar-refractivity contribution >= 4 is 17.8 Å². The van der Waals surface area contributed by atoms with Gasteiger partial charge in [0.05, 0.1) is 13.0 Å². The Bertz CT molecular complexity index is 484. The van der Waals surface area contributed by atoms with Crippen LogP contribution in [0.5, 0.6) is 6.01 Å². The van der Waals surface area contributed by atoms with Gasteiger partial charge in [-0.05, 0) is 13.8 Å². The van der Waals surface area contributed by atoms with Crippen molar-refractivity contribution in [2.24, 2.45) is 5.92 Å². The van der Waals surface area contributed by atoms with Crippen molar-refractivity contribution in [2.45, 2.75) is 26.3 Å². The van der Waals surface area contributed by atoms with Crippen LogP contribution in [0.25, 0.3) is 0 Å². The topological polar surface area (TPSA) is 100 Å². The molecule has 1 aromatic heterocycles. The number of H-pyrrole nitrogens is 1. The number of hydrogen-bond acceptors (Lipinski definition) is 5. The van der Waals surface area contributed by atoms with Gasteiger partial charge in [-0.1, -0.05) is 0 Å². The summed E-state index contributed by atoms with van der Waals surface area (Å²) in [5, 5.41) is 8.85. The van der Waals surface area contributed by atoms with E-state index in [1.807, 2.05) is 13.8 Å². The fourth-order valence-electron chi connectivity index (χ4n) is 2.02. The van der Waals surface area contributed by atoms with E-state index in [4.69, 9.17) is 4.74 Å². The van der Waals surface area contributed by atoms with Gasteiger partial charge in [0.15, 0.2) is 0 Å².